The topological polar surface area (TPSA) is 66.4 Å². The van der Waals surface area contributed by atoms with Gasteiger partial charge in [0, 0.05) is 0 Å². The minimum atomic E-state index is -0.978. The van der Waals surface area contributed by atoms with E-state index in [1.807, 2.05) is 38.1 Å². The van der Waals surface area contributed by atoms with Crippen molar-refractivity contribution in [2.24, 2.45) is 5.92 Å². The van der Waals surface area contributed by atoms with Gasteiger partial charge in [-0.15, -0.1) is 0 Å². The molecule has 0 aliphatic carbocycles. The Morgan fingerprint density at radius 1 is 1.15 bits per heavy atom. The molecule has 0 heterocycles. The van der Waals surface area contributed by atoms with Crippen LogP contribution in [0.3, 0.4) is 0 Å². The van der Waals surface area contributed by atoms with Crippen molar-refractivity contribution in [1.82, 2.24) is 5.32 Å². The second-order valence-corrected chi connectivity index (χ2v) is 5.12. The molecular formula is C16H23NO3. The maximum absolute atomic E-state index is 11.9. The Hall–Kier alpha value is -1.84. The molecule has 0 aromatic heterocycles. The summed E-state index contributed by atoms with van der Waals surface area (Å²) in [6.07, 6.45) is 1.88. The van der Waals surface area contributed by atoms with Crippen LogP contribution in [-0.4, -0.2) is 23.0 Å². The standard InChI is InChI=1S/C16H23NO3/c1-4-11(3)15(16(19)20)17-14(18)10-13-8-6-12(5-2)7-9-13/h6-9,11,15H,4-5,10H2,1-3H3,(H,17,18)(H,19,20). The summed E-state index contributed by atoms with van der Waals surface area (Å²) >= 11 is 0. The first-order valence-electron chi connectivity index (χ1n) is 7.07. The summed E-state index contributed by atoms with van der Waals surface area (Å²) in [5.74, 6) is -1.31. The number of aryl methyl sites for hydroxylation is 1. The molecule has 110 valence electrons. The van der Waals surface area contributed by atoms with Crippen molar-refractivity contribution < 1.29 is 14.7 Å². The average molecular weight is 277 g/mol. The molecule has 1 aromatic carbocycles. The maximum atomic E-state index is 11.9. The maximum Gasteiger partial charge on any atom is 0.326 e. The van der Waals surface area contributed by atoms with E-state index in [0.717, 1.165) is 12.0 Å². The molecule has 2 atom stereocenters. The molecule has 0 aliphatic rings. The summed E-state index contributed by atoms with van der Waals surface area (Å²) in [6.45, 7) is 5.82. The minimum absolute atomic E-state index is 0.0843. The fourth-order valence-corrected chi connectivity index (χ4v) is 1.99. The zero-order valence-electron chi connectivity index (χ0n) is 12.3. The first-order chi connectivity index (χ1) is 9.47. The van der Waals surface area contributed by atoms with E-state index in [9.17, 15) is 9.59 Å². The molecule has 0 aliphatic heterocycles. The Balaban J connectivity index is 2.63. The Morgan fingerprint density at radius 3 is 2.15 bits per heavy atom. The summed E-state index contributed by atoms with van der Waals surface area (Å²) in [5, 5.41) is 11.7. The number of hydrogen-bond acceptors (Lipinski definition) is 2. The number of carboxylic acid groups (broad SMARTS) is 1. The van der Waals surface area contributed by atoms with E-state index < -0.39 is 12.0 Å². The quantitative estimate of drug-likeness (QED) is 0.804. The molecule has 0 radical (unpaired) electrons. The second kappa shape index (κ2) is 7.68. The van der Waals surface area contributed by atoms with Crippen molar-refractivity contribution in [3.8, 4) is 0 Å². The molecule has 0 spiro atoms. The van der Waals surface area contributed by atoms with E-state index in [1.54, 1.807) is 0 Å². The van der Waals surface area contributed by atoms with Gasteiger partial charge in [-0.05, 0) is 23.5 Å². The van der Waals surface area contributed by atoms with Crippen LogP contribution in [0.15, 0.2) is 24.3 Å². The Labute approximate surface area is 120 Å². The van der Waals surface area contributed by atoms with Crippen LogP contribution in [0.25, 0.3) is 0 Å². The normalized spacial score (nSPS) is 13.6. The van der Waals surface area contributed by atoms with E-state index in [-0.39, 0.29) is 18.2 Å². The number of benzene rings is 1. The molecule has 1 rings (SSSR count). The SMILES string of the molecule is CCc1ccc(CC(=O)NC(C(=O)O)C(C)CC)cc1. The minimum Gasteiger partial charge on any atom is -0.480 e. The van der Waals surface area contributed by atoms with Crippen molar-refractivity contribution in [1.29, 1.82) is 0 Å². The predicted molar refractivity (Wildman–Crippen MR) is 78.5 cm³/mol. The Morgan fingerprint density at radius 2 is 1.70 bits per heavy atom. The Bertz CT molecular complexity index is 453. The molecule has 4 nitrogen and oxygen atoms in total. The lowest BCUT2D eigenvalue weighted by Crippen LogP contribution is -2.45. The van der Waals surface area contributed by atoms with Crippen LogP contribution < -0.4 is 5.32 Å². The second-order valence-electron chi connectivity index (χ2n) is 5.12. The third kappa shape index (κ3) is 4.68. The monoisotopic (exact) mass is 277 g/mol. The van der Waals surface area contributed by atoms with Gasteiger partial charge in [0.15, 0.2) is 0 Å². The number of amides is 1. The average Bonchev–Trinajstić information content (AvgIpc) is 2.44. The van der Waals surface area contributed by atoms with Crippen molar-refractivity contribution in [2.75, 3.05) is 0 Å². The number of nitrogens with one attached hydrogen (secondary N) is 1. The van der Waals surface area contributed by atoms with Crippen LogP contribution in [-0.2, 0) is 22.4 Å². The lowest BCUT2D eigenvalue weighted by molar-refractivity contribution is -0.143. The van der Waals surface area contributed by atoms with Gasteiger partial charge in [0.1, 0.15) is 6.04 Å². The van der Waals surface area contributed by atoms with Gasteiger partial charge in [-0.2, -0.15) is 0 Å². The molecule has 0 bridgehead atoms. The fraction of sp³-hybridized carbons (Fsp3) is 0.500. The zero-order chi connectivity index (χ0) is 15.1. The molecular weight excluding hydrogens is 254 g/mol. The highest BCUT2D eigenvalue weighted by Crippen LogP contribution is 2.09. The predicted octanol–water partition coefficient (Wildman–Crippen LogP) is 2.41. The number of aliphatic carboxylic acids is 1. The summed E-state index contributed by atoms with van der Waals surface area (Å²) < 4.78 is 0. The fourth-order valence-electron chi connectivity index (χ4n) is 1.99. The van der Waals surface area contributed by atoms with Crippen molar-refractivity contribution in [2.45, 2.75) is 46.1 Å². The molecule has 0 saturated heterocycles. The summed E-state index contributed by atoms with van der Waals surface area (Å²) in [6, 6.07) is 7.00. The number of hydrogen-bond donors (Lipinski definition) is 2. The highest BCUT2D eigenvalue weighted by molar-refractivity contribution is 5.85. The third-order valence-electron chi connectivity index (χ3n) is 3.59. The van der Waals surface area contributed by atoms with Crippen LogP contribution in [0.1, 0.15) is 38.3 Å². The zero-order valence-corrected chi connectivity index (χ0v) is 12.3. The van der Waals surface area contributed by atoms with Crippen LogP contribution in [0.5, 0.6) is 0 Å². The first-order valence-corrected chi connectivity index (χ1v) is 7.07. The molecule has 2 unspecified atom stereocenters. The molecule has 1 aromatic rings. The van der Waals surface area contributed by atoms with E-state index in [2.05, 4.69) is 12.2 Å². The van der Waals surface area contributed by atoms with E-state index in [4.69, 9.17) is 5.11 Å². The van der Waals surface area contributed by atoms with Gasteiger partial charge in [0.25, 0.3) is 0 Å². The lowest BCUT2D eigenvalue weighted by atomic mass is 9.99. The van der Waals surface area contributed by atoms with Crippen LogP contribution in [0.2, 0.25) is 0 Å². The van der Waals surface area contributed by atoms with Gasteiger partial charge in [-0.1, -0.05) is 51.5 Å². The smallest absolute Gasteiger partial charge is 0.326 e. The van der Waals surface area contributed by atoms with E-state index >= 15 is 0 Å². The van der Waals surface area contributed by atoms with Crippen LogP contribution in [0.4, 0.5) is 0 Å². The van der Waals surface area contributed by atoms with Crippen molar-refractivity contribution >= 4 is 11.9 Å². The Kier molecular flexibility index (Phi) is 6.22. The van der Waals surface area contributed by atoms with Gasteiger partial charge < -0.3 is 10.4 Å². The van der Waals surface area contributed by atoms with Gasteiger partial charge in [-0.25, -0.2) is 4.79 Å². The third-order valence-corrected chi connectivity index (χ3v) is 3.59. The summed E-state index contributed by atoms with van der Waals surface area (Å²) in [7, 11) is 0. The van der Waals surface area contributed by atoms with Gasteiger partial charge >= 0.3 is 5.97 Å². The molecule has 20 heavy (non-hydrogen) atoms. The number of carboxylic acids is 1. The van der Waals surface area contributed by atoms with Crippen molar-refractivity contribution in [3.05, 3.63) is 35.4 Å². The first kappa shape index (κ1) is 16.2. The van der Waals surface area contributed by atoms with Crippen LogP contribution >= 0.6 is 0 Å². The molecule has 0 fully saturated rings. The molecule has 2 N–H and O–H groups in total. The lowest BCUT2D eigenvalue weighted by Gasteiger charge is -2.20. The van der Waals surface area contributed by atoms with Gasteiger partial charge in [-0.3, -0.25) is 4.79 Å². The molecule has 1 amide bonds. The highest BCUT2D eigenvalue weighted by Gasteiger charge is 2.25. The highest BCUT2D eigenvalue weighted by atomic mass is 16.4. The van der Waals surface area contributed by atoms with Crippen molar-refractivity contribution in [3.63, 3.8) is 0 Å². The van der Waals surface area contributed by atoms with E-state index in [0.29, 0.717) is 6.42 Å². The number of rotatable bonds is 7. The van der Waals surface area contributed by atoms with E-state index in [1.165, 1.54) is 5.56 Å². The van der Waals surface area contributed by atoms with Crippen LogP contribution in [0, 0.1) is 5.92 Å². The summed E-state index contributed by atoms with van der Waals surface area (Å²) in [5.41, 5.74) is 2.12. The van der Waals surface area contributed by atoms with Gasteiger partial charge in [0.05, 0.1) is 6.42 Å². The molecule has 4 heteroatoms. The number of carbonyl (C=O) groups excluding carboxylic acids is 1. The molecule has 0 saturated carbocycles. The number of carbonyl (C=O) groups is 2. The largest absolute Gasteiger partial charge is 0.480 e. The van der Waals surface area contributed by atoms with Gasteiger partial charge in [0.2, 0.25) is 5.91 Å². The summed E-state index contributed by atoms with van der Waals surface area (Å²) in [4.78, 5) is 23.1.